The molecule has 0 fully saturated rings. The Kier molecular flexibility index (Phi) is 5.67. The lowest BCUT2D eigenvalue weighted by molar-refractivity contribution is 0.167. The number of nitrogens with zero attached hydrogens (tertiary/aromatic N) is 2. The highest BCUT2D eigenvalue weighted by molar-refractivity contribution is 5.84. The number of benzene rings is 2. The molecule has 0 spiro atoms. The molecule has 0 saturated carbocycles. The molecular weight excluding hydrogens is 333 g/mol. The summed E-state index contributed by atoms with van der Waals surface area (Å²) in [6.07, 6.45) is 3.04. The number of hydrogen-bond acceptors (Lipinski definition) is 4. The molecule has 0 aliphatic carbocycles. The Bertz CT molecular complexity index is 879. The molecule has 130 valence electrons. The summed E-state index contributed by atoms with van der Waals surface area (Å²) in [5.74, 6) is -0.379. The summed E-state index contributed by atoms with van der Waals surface area (Å²) in [5.41, 5.74) is 3.39. The van der Waals surface area contributed by atoms with Crippen LogP contribution < -0.4 is 5.32 Å². The largest absolute Gasteiger partial charge is 0.437 e. The zero-order chi connectivity index (χ0) is 18.2. The average Bonchev–Trinajstić information content (AvgIpc) is 2.68. The van der Waals surface area contributed by atoms with Gasteiger partial charge < -0.3 is 0 Å². The summed E-state index contributed by atoms with van der Waals surface area (Å²) < 4.78 is 12.8. The molecule has 2 aromatic carbocycles. The number of pyridine rings is 1. The molecule has 3 aromatic rings. The van der Waals surface area contributed by atoms with Gasteiger partial charge in [0.05, 0.1) is 5.69 Å². The van der Waals surface area contributed by atoms with E-state index in [1.807, 2.05) is 42.5 Å². The fourth-order valence-corrected chi connectivity index (χ4v) is 2.25. The Morgan fingerprint density at radius 1 is 1.08 bits per heavy atom. The number of carbonyl (C=O) groups excluding carboxylic acids is 1. The monoisotopic (exact) mass is 349 g/mol. The fourth-order valence-electron chi connectivity index (χ4n) is 2.25. The minimum absolute atomic E-state index is 0.379. The first kappa shape index (κ1) is 17.3. The normalized spacial score (nSPS) is 10.7. The Morgan fingerprint density at radius 2 is 1.85 bits per heavy atom. The van der Waals surface area contributed by atoms with Gasteiger partial charge in [0.2, 0.25) is 0 Å². The lowest BCUT2D eigenvalue weighted by atomic mass is 10.1. The Morgan fingerprint density at radius 3 is 2.54 bits per heavy atom. The predicted molar refractivity (Wildman–Crippen MR) is 98.4 cm³/mol. The molecule has 1 aromatic heterocycles. The van der Waals surface area contributed by atoms with Crippen LogP contribution in [0.5, 0.6) is 0 Å². The molecule has 0 radical (unpaired) electrons. The number of rotatable bonds is 5. The van der Waals surface area contributed by atoms with E-state index in [9.17, 15) is 9.18 Å². The lowest BCUT2D eigenvalue weighted by Gasteiger charge is -2.03. The van der Waals surface area contributed by atoms with E-state index in [0.29, 0.717) is 12.1 Å². The van der Waals surface area contributed by atoms with E-state index in [2.05, 4.69) is 15.5 Å². The zero-order valence-corrected chi connectivity index (χ0v) is 13.8. The van der Waals surface area contributed by atoms with Crippen molar-refractivity contribution in [3.05, 3.63) is 84.3 Å². The van der Waals surface area contributed by atoms with Crippen LogP contribution in [0.3, 0.4) is 0 Å². The van der Waals surface area contributed by atoms with Crippen molar-refractivity contribution in [2.24, 2.45) is 5.16 Å². The first-order chi connectivity index (χ1) is 12.7. The maximum Gasteiger partial charge on any atom is 0.437 e. The molecule has 26 heavy (non-hydrogen) atoms. The molecule has 6 heteroatoms. The number of anilines is 1. The summed E-state index contributed by atoms with van der Waals surface area (Å²) in [5, 5.41) is 6.08. The van der Waals surface area contributed by atoms with Gasteiger partial charge in [-0.15, -0.1) is 0 Å². The molecule has 1 heterocycles. The molecule has 3 rings (SSSR count). The number of hydrogen-bond donors (Lipinski definition) is 1. The van der Waals surface area contributed by atoms with Crippen LogP contribution in [-0.2, 0) is 11.3 Å². The van der Waals surface area contributed by atoms with Crippen LogP contribution in [-0.4, -0.2) is 17.3 Å². The van der Waals surface area contributed by atoms with Crippen molar-refractivity contribution in [3.8, 4) is 11.3 Å². The third kappa shape index (κ3) is 4.98. The van der Waals surface area contributed by atoms with Crippen molar-refractivity contribution >= 4 is 18.0 Å². The Hall–Kier alpha value is -3.54. The van der Waals surface area contributed by atoms with E-state index >= 15 is 0 Å². The number of amides is 1. The van der Waals surface area contributed by atoms with Crippen LogP contribution in [0, 0.1) is 5.82 Å². The van der Waals surface area contributed by atoms with Gasteiger partial charge in [-0.2, -0.15) is 0 Å². The van der Waals surface area contributed by atoms with Gasteiger partial charge in [-0.05, 0) is 42.0 Å². The molecule has 0 aliphatic rings. The zero-order valence-electron chi connectivity index (χ0n) is 13.8. The molecule has 0 aliphatic heterocycles. The van der Waals surface area contributed by atoms with E-state index in [-0.39, 0.29) is 5.82 Å². The van der Waals surface area contributed by atoms with Crippen molar-refractivity contribution in [1.82, 2.24) is 4.98 Å². The highest BCUT2D eigenvalue weighted by Crippen LogP contribution is 2.16. The van der Waals surface area contributed by atoms with Gasteiger partial charge in [-0.3, -0.25) is 15.1 Å². The summed E-state index contributed by atoms with van der Waals surface area (Å²) >= 11 is 0. The molecular formula is C20H16FN3O2. The number of oxime groups is 1. The third-order valence-electron chi connectivity index (χ3n) is 3.54. The van der Waals surface area contributed by atoms with Crippen molar-refractivity contribution in [2.75, 3.05) is 5.32 Å². The minimum Gasteiger partial charge on any atom is -0.298 e. The second-order valence-corrected chi connectivity index (χ2v) is 5.41. The smallest absolute Gasteiger partial charge is 0.298 e. The number of carbonyl (C=O) groups is 1. The van der Waals surface area contributed by atoms with Gasteiger partial charge in [0, 0.05) is 30.1 Å². The highest BCUT2D eigenvalue weighted by atomic mass is 19.1. The lowest BCUT2D eigenvalue weighted by Crippen LogP contribution is -2.10. The SMILES string of the molecule is O=C(Nc1ccc(F)cc1)ON=CCc1ccc(-c2ccccn2)cc1. The number of halogens is 1. The van der Waals surface area contributed by atoms with Crippen LogP contribution >= 0.6 is 0 Å². The molecule has 0 unspecified atom stereocenters. The summed E-state index contributed by atoms with van der Waals surface area (Å²) in [7, 11) is 0. The fraction of sp³-hybridized carbons (Fsp3) is 0.0500. The molecule has 0 atom stereocenters. The van der Waals surface area contributed by atoms with Crippen molar-refractivity contribution in [2.45, 2.75) is 6.42 Å². The van der Waals surface area contributed by atoms with Gasteiger partial charge in [-0.25, -0.2) is 9.18 Å². The van der Waals surface area contributed by atoms with Crippen molar-refractivity contribution in [1.29, 1.82) is 0 Å². The standard InChI is InChI=1S/C20H16FN3O2/c21-17-8-10-18(11-9-17)24-20(25)26-23-14-12-15-4-6-16(7-5-15)19-3-1-2-13-22-19/h1-11,13-14H,12H2,(H,24,25). The Balaban J connectivity index is 1.47. The predicted octanol–water partition coefficient (Wildman–Crippen LogP) is 4.66. The summed E-state index contributed by atoms with van der Waals surface area (Å²) in [6, 6.07) is 19.0. The van der Waals surface area contributed by atoms with Crippen LogP contribution in [0.15, 0.2) is 78.1 Å². The van der Waals surface area contributed by atoms with Gasteiger partial charge in [0.15, 0.2) is 0 Å². The quantitative estimate of drug-likeness (QED) is 0.414. The number of aromatic nitrogens is 1. The van der Waals surface area contributed by atoms with E-state index in [4.69, 9.17) is 4.84 Å². The highest BCUT2D eigenvalue weighted by Gasteiger charge is 2.02. The van der Waals surface area contributed by atoms with E-state index in [1.165, 1.54) is 30.5 Å². The molecule has 0 saturated heterocycles. The van der Waals surface area contributed by atoms with Crippen LogP contribution in [0.4, 0.5) is 14.9 Å². The summed E-state index contributed by atoms with van der Waals surface area (Å²) in [6.45, 7) is 0. The van der Waals surface area contributed by atoms with Crippen LogP contribution in [0.1, 0.15) is 5.56 Å². The van der Waals surface area contributed by atoms with Crippen LogP contribution in [0.25, 0.3) is 11.3 Å². The minimum atomic E-state index is -0.738. The van der Waals surface area contributed by atoms with E-state index in [0.717, 1.165) is 16.8 Å². The first-order valence-electron chi connectivity index (χ1n) is 7.96. The second kappa shape index (κ2) is 8.53. The van der Waals surface area contributed by atoms with Gasteiger partial charge in [-0.1, -0.05) is 35.5 Å². The van der Waals surface area contributed by atoms with Gasteiger partial charge in [0.1, 0.15) is 5.82 Å². The average molecular weight is 349 g/mol. The first-order valence-corrected chi connectivity index (χ1v) is 7.96. The number of nitrogens with one attached hydrogen (secondary N) is 1. The molecule has 1 amide bonds. The molecule has 1 N–H and O–H groups in total. The Labute approximate surface area is 150 Å². The molecule has 0 bridgehead atoms. The van der Waals surface area contributed by atoms with E-state index in [1.54, 1.807) is 6.20 Å². The molecule has 5 nitrogen and oxygen atoms in total. The van der Waals surface area contributed by atoms with Crippen LogP contribution in [0.2, 0.25) is 0 Å². The van der Waals surface area contributed by atoms with Gasteiger partial charge in [0.25, 0.3) is 0 Å². The van der Waals surface area contributed by atoms with Crippen molar-refractivity contribution in [3.63, 3.8) is 0 Å². The third-order valence-corrected chi connectivity index (χ3v) is 3.54. The maximum absolute atomic E-state index is 12.8. The van der Waals surface area contributed by atoms with Gasteiger partial charge >= 0.3 is 6.09 Å². The van der Waals surface area contributed by atoms with E-state index < -0.39 is 6.09 Å². The maximum atomic E-state index is 12.8. The second-order valence-electron chi connectivity index (χ2n) is 5.41. The topological polar surface area (TPSA) is 63.6 Å². The van der Waals surface area contributed by atoms with Crippen molar-refractivity contribution < 1.29 is 14.0 Å². The summed E-state index contributed by atoms with van der Waals surface area (Å²) in [4.78, 5) is 20.6.